The first-order chi connectivity index (χ1) is 11.1. The predicted molar refractivity (Wildman–Crippen MR) is 83.7 cm³/mol. The van der Waals surface area contributed by atoms with E-state index in [9.17, 15) is 5.11 Å². The molecule has 0 unspecified atom stereocenters. The van der Waals surface area contributed by atoms with Crippen LogP contribution in [0.4, 0.5) is 5.69 Å². The number of hydrogen-bond acceptors (Lipinski definition) is 7. The molecule has 0 saturated carbocycles. The molecule has 0 spiro atoms. The summed E-state index contributed by atoms with van der Waals surface area (Å²) >= 11 is 1.52. The van der Waals surface area contributed by atoms with Crippen LogP contribution in [-0.2, 0) is 9.63 Å². The number of nitrogens with two attached hydrogens (primary N) is 1. The molecule has 5 N–H and O–H groups in total. The molecule has 23 heavy (non-hydrogen) atoms. The highest BCUT2D eigenvalue weighted by molar-refractivity contribution is 7.99. The lowest BCUT2D eigenvalue weighted by molar-refractivity contribution is -0.830. The topological polar surface area (TPSA) is 134 Å². The molecule has 0 fully saturated rings. The van der Waals surface area contributed by atoms with Gasteiger partial charge in [-0.3, -0.25) is 9.89 Å². The molecule has 126 valence electrons. The van der Waals surface area contributed by atoms with Gasteiger partial charge >= 0.3 is 0 Å². The minimum absolute atomic E-state index is 0.0185. The van der Waals surface area contributed by atoms with Gasteiger partial charge in [0.2, 0.25) is 5.16 Å². The lowest BCUT2D eigenvalue weighted by Crippen LogP contribution is -2.75. The second-order valence-corrected chi connectivity index (χ2v) is 5.21. The van der Waals surface area contributed by atoms with Crippen molar-refractivity contribution in [3.63, 3.8) is 0 Å². The third-order valence-electron chi connectivity index (χ3n) is 2.56. The summed E-state index contributed by atoms with van der Waals surface area (Å²) in [6.07, 6.45) is 0. The Hall–Kier alpha value is -2.30. The van der Waals surface area contributed by atoms with Crippen LogP contribution >= 0.6 is 11.8 Å². The summed E-state index contributed by atoms with van der Waals surface area (Å²) in [4.78, 5) is 17.7. The number of thioether (sulfide) groups is 1. The molecule has 0 aliphatic rings. The Bertz CT molecular complexity index is 635. The van der Waals surface area contributed by atoms with Crippen LogP contribution in [0.25, 0.3) is 11.4 Å². The van der Waals surface area contributed by atoms with Gasteiger partial charge in [-0.05, 0) is 5.75 Å². The largest absolute Gasteiger partial charge is 0.504 e. The molecule has 0 saturated heterocycles. The fraction of sp³-hybridized carbons (Fsp3) is 0.308. The lowest BCUT2D eigenvalue weighted by Gasteiger charge is -2.08. The van der Waals surface area contributed by atoms with E-state index in [1.165, 1.54) is 18.9 Å². The van der Waals surface area contributed by atoms with Crippen molar-refractivity contribution in [2.75, 3.05) is 20.0 Å². The highest BCUT2D eigenvalue weighted by Gasteiger charge is 2.17. The smallest absolute Gasteiger partial charge is 0.290 e. The van der Waals surface area contributed by atoms with Crippen LogP contribution < -0.4 is 10.2 Å². The molecule has 10 heteroatoms. The Morgan fingerprint density at radius 1 is 1.43 bits per heavy atom. The number of aromatic nitrogens is 3. The number of hydrogen-bond donors (Lipinski definition) is 4. The third-order valence-corrected chi connectivity index (χ3v) is 3.29. The van der Waals surface area contributed by atoms with Crippen molar-refractivity contribution in [3.8, 4) is 22.9 Å². The van der Waals surface area contributed by atoms with E-state index in [0.29, 0.717) is 22.3 Å². The minimum atomic E-state index is -0.250. The summed E-state index contributed by atoms with van der Waals surface area (Å²) in [5.41, 5.74) is 2.84. The summed E-state index contributed by atoms with van der Waals surface area (Å²) < 4.78 is 5.16. The van der Waals surface area contributed by atoms with Gasteiger partial charge in [0.25, 0.3) is 6.47 Å². The van der Waals surface area contributed by atoms with E-state index in [0.717, 1.165) is 11.4 Å². The van der Waals surface area contributed by atoms with Crippen molar-refractivity contribution in [1.29, 1.82) is 0 Å². The van der Waals surface area contributed by atoms with E-state index in [1.54, 1.807) is 24.7 Å². The van der Waals surface area contributed by atoms with Crippen LogP contribution in [0.1, 0.15) is 6.92 Å². The number of methoxy groups -OCH3 is 1. The number of aromatic hydroxyl groups is 1. The second kappa shape index (κ2) is 9.66. The molecule has 1 aromatic heterocycles. The molecular weight excluding hydrogens is 324 g/mol. The summed E-state index contributed by atoms with van der Waals surface area (Å²) in [6, 6.07) is 3.43. The number of carboxylic acid groups (broad SMARTS) is 1. The van der Waals surface area contributed by atoms with Gasteiger partial charge in [0, 0.05) is 12.1 Å². The molecular formula is C13H19N4O5S+. The molecule has 0 radical (unpaired) electrons. The normalized spacial score (nSPS) is 9.87. The van der Waals surface area contributed by atoms with Crippen LogP contribution in [0.3, 0.4) is 0 Å². The number of H-pyrrole nitrogens is 1. The van der Waals surface area contributed by atoms with Crippen molar-refractivity contribution in [1.82, 2.24) is 15.2 Å². The number of aromatic amines is 1. The van der Waals surface area contributed by atoms with E-state index in [1.807, 2.05) is 6.92 Å². The Morgan fingerprint density at radius 2 is 2.13 bits per heavy atom. The summed E-state index contributed by atoms with van der Waals surface area (Å²) in [5.74, 6) is 1.74. The molecule has 2 aromatic rings. The fourth-order valence-electron chi connectivity index (χ4n) is 1.73. The van der Waals surface area contributed by atoms with Crippen molar-refractivity contribution in [2.45, 2.75) is 12.1 Å². The number of benzene rings is 1. The zero-order valence-electron chi connectivity index (χ0n) is 12.9. The maximum absolute atomic E-state index is 10.2. The van der Waals surface area contributed by atoms with Gasteiger partial charge in [-0.2, -0.15) is 5.48 Å². The van der Waals surface area contributed by atoms with Crippen LogP contribution in [-0.4, -0.2) is 51.8 Å². The van der Waals surface area contributed by atoms with Gasteiger partial charge in [0.15, 0.2) is 23.0 Å². The molecule has 2 rings (SSSR count). The molecule has 9 nitrogen and oxygen atoms in total. The Labute approximate surface area is 137 Å². The highest BCUT2D eigenvalue weighted by Crippen LogP contribution is 2.37. The van der Waals surface area contributed by atoms with E-state index >= 15 is 0 Å². The van der Waals surface area contributed by atoms with Gasteiger partial charge < -0.3 is 14.9 Å². The van der Waals surface area contributed by atoms with Gasteiger partial charge in [0.1, 0.15) is 0 Å². The number of rotatable bonds is 6. The van der Waals surface area contributed by atoms with E-state index < -0.39 is 0 Å². The van der Waals surface area contributed by atoms with E-state index in [4.69, 9.17) is 19.5 Å². The number of phenolic OH excluding ortho intramolecular Hbond substituents is 1. The number of carbonyl (C=O) groups is 1. The maximum atomic E-state index is 10.2. The van der Waals surface area contributed by atoms with Crippen LogP contribution in [0.5, 0.6) is 11.5 Å². The molecule has 0 aliphatic carbocycles. The third kappa shape index (κ3) is 5.13. The van der Waals surface area contributed by atoms with Gasteiger partial charge in [0.05, 0.1) is 19.8 Å². The number of nitrogens with zero attached hydrogens (tertiary/aromatic N) is 2. The second-order valence-electron chi connectivity index (χ2n) is 3.98. The number of nitrogens with one attached hydrogen (secondary N) is 1. The van der Waals surface area contributed by atoms with Gasteiger partial charge in [-0.1, -0.05) is 18.7 Å². The standard InChI is InChI=1S/C12H16N4O3S.CH2O2/c1-4-20-12-13-11(14-15-12)8-5-7(16-19-3)6-9(18-2)10(8)17;2-1-3/h5-6,16-17H,4H2,1-3H3,(H,13,14,15);1H,(H,2,3)/p+1. The predicted octanol–water partition coefficient (Wildman–Crippen LogP) is 0.755. The lowest BCUT2D eigenvalue weighted by atomic mass is 10.1. The number of phenols is 1. The first kappa shape index (κ1) is 18.7. The van der Waals surface area contributed by atoms with E-state index in [-0.39, 0.29) is 12.2 Å². The molecule has 0 bridgehead atoms. The Kier molecular flexibility index (Phi) is 7.88. The Morgan fingerprint density at radius 3 is 2.70 bits per heavy atom. The highest BCUT2D eigenvalue weighted by atomic mass is 32.2. The average molecular weight is 343 g/mol. The zero-order valence-corrected chi connectivity index (χ0v) is 13.8. The zero-order chi connectivity index (χ0) is 17.2. The SMILES string of the molecule is CCSc1n[nH]c(-c2cc([NH2+]OC)cc(OC)c2O)n1.O=CO. The van der Waals surface area contributed by atoms with Crippen LogP contribution in [0.2, 0.25) is 0 Å². The summed E-state index contributed by atoms with van der Waals surface area (Å²) in [5, 5.41) is 24.6. The van der Waals surface area contributed by atoms with Crippen molar-refractivity contribution in [2.24, 2.45) is 0 Å². The first-order valence-corrected chi connectivity index (χ1v) is 7.50. The quantitative estimate of drug-likeness (QED) is 0.198. The molecule has 0 atom stereocenters. The van der Waals surface area contributed by atoms with Crippen LogP contribution in [0.15, 0.2) is 17.3 Å². The van der Waals surface area contributed by atoms with Crippen LogP contribution in [0, 0.1) is 0 Å². The molecule has 0 amide bonds. The Balaban J connectivity index is 0.000000816. The number of ether oxygens (including phenoxy) is 1. The average Bonchev–Trinajstić information content (AvgIpc) is 2.98. The number of quaternary nitrogens is 1. The van der Waals surface area contributed by atoms with Crippen molar-refractivity contribution >= 4 is 23.9 Å². The molecule has 1 aromatic carbocycles. The molecule has 0 aliphatic heterocycles. The maximum Gasteiger partial charge on any atom is 0.290 e. The summed E-state index contributed by atoms with van der Waals surface area (Å²) in [6.45, 7) is 1.77. The van der Waals surface area contributed by atoms with Crippen molar-refractivity contribution < 1.29 is 30.1 Å². The molecule has 1 heterocycles. The first-order valence-electron chi connectivity index (χ1n) is 6.51. The fourth-order valence-corrected chi connectivity index (χ4v) is 2.25. The van der Waals surface area contributed by atoms with E-state index in [2.05, 4.69) is 15.2 Å². The monoisotopic (exact) mass is 343 g/mol. The van der Waals surface area contributed by atoms with Gasteiger partial charge in [-0.15, -0.1) is 5.10 Å². The van der Waals surface area contributed by atoms with Crippen molar-refractivity contribution in [3.05, 3.63) is 12.1 Å². The minimum Gasteiger partial charge on any atom is -0.504 e. The van der Waals surface area contributed by atoms with Gasteiger partial charge in [-0.25, -0.2) is 9.82 Å². The summed E-state index contributed by atoms with van der Waals surface area (Å²) in [7, 11) is 3.05.